The Morgan fingerprint density at radius 1 is 0.927 bits per heavy atom. The van der Waals surface area contributed by atoms with Crippen LogP contribution in [0.25, 0.3) is 11.2 Å². The van der Waals surface area contributed by atoms with E-state index in [4.69, 9.17) is 16.2 Å². The number of phosphoric ester groups is 2. The molecule has 0 bridgehead atoms. The van der Waals surface area contributed by atoms with Gasteiger partial charge in [0.25, 0.3) is 31.3 Å². The highest BCUT2D eigenvalue weighted by molar-refractivity contribution is 7.68. The van der Waals surface area contributed by atoms with E-state index in [0.29, 0.717) is 25.8 Å². The van der Waals surface area contributed by atoms with Gasteiger partial charge in [0.05, 0.1) is 25.6 Å². The monoisotopic (exact) mass is 666 g/mol. The number of rotatable bonds is 17. The first-order valence-corrected chi connectivity index (χ1v) is 17.5. The van der Waals surface area contributed by atoms with Gasteiger partial charge >= 0.3 is 0 Å². The minimum atomic E-state index is -6.35. The predicted octanol–water partition coefficient (Wildman–Crippen LogP) is -1.47. The molecule has 1 saturated heterocycles. The lowest BCUT2D eigenvalue weighted by Crippen LogP contribution is -2.27. The third-order valence-corrected chi connectivity index (χ3v) is 11.0. The highest BCUT2D eigenvalue weighted by atomic mass is 31.3. The number of hydrogen-bond donors (Lipinski definition) is 3. The number of fused-ring (bicyclic) bond motifs is 1. The van der Waals surface area contributed by atoms with Gasteiger partial charge in [0.1, 0.15) is 24.2 Å². The Balaban J connectivity index is 1.51. The van der Waals surface area contributed by atoms with Crippen LogP contribution in [0.2, 0.25) is 0 Å². The van der Waals surface area contributed by atoms with E-state index in [-0.39, 0.29) is 29.8 Å². The van der Waals surface area contributed by atoms with Crippen molar-refractivity contribution in [1.29, 1.82) is 0 Å². The Hall–Kier alpha value is -1.21. The summed E-state index contributed by atoms with van der Waals surface area (Å²) in [4.78, 5) is 59.1. The number of nitrogens with two attached hydrogens (primary N) is 2. The summed E-state index contributed by atoms with van der Waals surface area (Å²) in [5.74, 6) is 0.0774. The SMILES string of the molecule is NCCCCCCOP(=O)([O-])OP(=O)([O-])OP(=O)([O-])OP(=O)([O-])OC[C@H]1O[C@@H](n2cnc3c(N)ncnc32)C[C@H]1O. The van der Waals surface area contributed by atoms with Crippen LogP contribution < -0.4 is 31.0 Å². The Morgan fingerprint density at radius 3 is 2.20 bits per heavy atom. The lowest BCUT2D eigenvalue weighted by molar-refractivity contribution is -0.254. The van der Waals surface area contributed by atoms with Gasteiger partial charge in [-0.3, -0.25) is 22.8 Å². The van der Waals surface area contributed by atoms with Crippen LogP contribution in [-0.2, 0) is 45.0 Å². The molecule has 0 amide bonds. The molecule has 25 heteroatoms. The first-order valence-electron chi connectivity index (χ1n) is 11.7. The quantitative estimate of drug-likeness (QED) is 0.128. The van der Waals surface area contributed by atoms with Crippen LogP contribution in [0.4, 0.5) is 5.82 Å². The van der Waals surface area contributed by atoms with Crippen LogP contribution in [0, 0.1) is 0 Å². The van der Waals surface area contributed by atoms with Crippen LogP contribution in [-0.4, -0.2) is 56.6 Å². The minimum absolute atomic E-state index is 0.0774. The molecule has 2 aromatic heterocycles. The molecule has 5 N–H and O–H groups in total. The number of hydrogen-bond acceptors (Lipinski definition) is 20. The molecule has 41 heavy (non-hydrogen) atoms. The van der Waals surface area contributed by atoms with Crippen LogP contribution in [0.15, 0.2) is 12.7 Å². The van der Waals surface area contributed by atoms with Crippen molar-refractivity contribution >= 4 is 48.3 Å². The molecular formula is C16H26N6O15P4-4. The van der Waals surface area contributed by atoms with Crippen LogP contribution in [0.5, 0.6) is 0 Å². The Kier molecular flexibility index (Phi) is 11.7. The van der Waals surface area contributed by atoms with Gasteiger partial charge < -0.3 is 49.9 Å². The van der Waals surface area contributed by atoms with Crippen LogP contribution in [0.1, 0.15) is 38.3 Å². The Bertz CT molecular complexity index is 1380. The summed E-state index contributed by atoms with van der Waals surface area (Å²) in [5, 5.41) is 10.3. The molecule has 2 aromatic rings. The number of nitrogen functional groups attached to an aromatic ring is 1. The first-order chi connectivity index (χ1) is 19.0. The topological polar surface area (TPSA) is 332 Å². The fourth-order valence-electron chi connectivity index (χ4n) is 3.50. The van der Waals surface area contributed by atoms with E-state index in [1.54, 1.807) is 0 Å². The fraction of sp³-hybridized carbons (Fsp3) is 0.688. The fourth-order valence-corrected chi connectivity index (χ4v) is 8.28. The smallest absolute Gasteiger partial charge is 0.280 e. The second-order valence-electron chi connectivity index (χ2n) is 8.38. The average Bonchev–Trinajstić information content (AvgIpc) is 3.41. The van der Waals surface area contributed by atoms with Gasteiger partial charge in [-0.25, -0.2) is 27.9 Å². The maximum absolute atomic E-state index is 12.0. The van der Waals surface area contributed by atoms with E-state index >= 15 is 0 Å². The Morgan fingerprint density at radius 2 is 1.54 bits per heavy atom. The van der Waals surface area contributed by atoms with Crippen LogP contribution in [0.3, 0.4) is 0 Å². The summed E-state index contributed by atoms with van der Waals surface area (Å²) in [6.07, 6.45) is 0.775. The average molecular weight is 666 g/mol. The van der Waals surface area contributed by atoms with Gasteiger partial charge in [-0.1, -0.05) is 12.8 Å². The molecule has 234 valence electrons. The third kappa shape index (κ3) is 10.5. The number of aromatic nitrogens is 4. The van der Waals surface area contributed by atoms with Crippen molar-refractivity contribution in [3.05, 3.63) is 12.7 Å². The lowest BCUT2D eigenvalue weighted by atomic mass is 10.2. The van der Waals surface area contributed by atoms with Gasteiger partial charge in [0, 0.05) is 6.42 Å². The van der Waals surface area contributed by atoms with Crippen molar-refractivity contribution in [2.45, 2.75) is 50.5 Å². The second-order valence-corrected chi connectivity index (χ2v) is 14.4. The van der Waals surface area contributed by atoms with E-state index in [2.05, 4.69) is 36.9 Å². The Labute approximate surface area is 232 Å². The van der Waals surface area contributed by atoms with E-state index in [1.165, 1.54) is 10.9 Å². The highest BCUT2D eigenvalue weighted by Gasteiger charge is 2.37. The number of unbranched alkanes of at least 4 members (excludes halogenated alkanes) is 3. The summed E-state index contributed by atoms with van der Waals surface area (Å²) >= 11 is 0. The summed E-state index contributed by atoms with van der Waals surface area (Å²) in [7, 11) is -24.1. The number of phosphoric acid groups is 4. The molecule has 3 heterocycles. The molecule has 4 unspecified atom stereocenters. The largest absolute Gasteiger partial charge is 0.756 e. The second kappa shape index (κ2) is 14.1. The summed E-state index contributed by atoms with van der Waals surface area (Å²) in [5.41, 5.74) is 11.5. The molecule has 0 aliphatic carbocycles. The standard InChI is InChI=1S/C16H30N6O15P4/c17-5-3-1-2-4-6-32-38(24,25)35-40(28,29)37-41(30,31)36-39(26,27)33-8-12-11(23)7-13(34-12)22-10-21-14-15(18)19-9-20-16(14)22/h9-13,23H,1-8,17H2,(H,24,25)(H,26,27)(H,28,29)(H,30,31)(H2,18,19,20)/p-4/t11-,12-,13-/m1/s1. The van der Waals surface area contributed by atoms with Gasteiger partial charge in [-0.15, -0.1) is 0 Å². The molecule has 7 atom stereocenters. The van der Waals surface area contributed by atoms with E-state index in [9.17, 15) is 42.9 Å². The van der Waals surface area contributed by atoms with Gasteiger partial charge in [-0.05, 0) is 19.4 Å². The van der Waals surface area contributed by atoms with E-state index < -0.39 is 62.9 Å². The number of imidazole rings is 1. The van der Waals surface area contributed by atoms with Crippen molar-refractivity contribution < 1.29 is 69.7 Å². The first kappa shape index (κ1) is 34.3. The zero-order valence-corrected chi connectivity index (χ0v) is 24.5. The molecule has 1 fully saturated rings. The molecule has 0 saturated carbocycles. The maximum Gasteiger partial charge on any atom is 0.280 e. The van der Waals surface area contributed by atoms with Gasteiger partial charge in [0.2, 0.25) is 0 Å². The van der Waals surface area contributed by atoms with Gasteiger partial charge in [0.15, 0.2) is 11.5 Å². The van der Waals surface area contributed by atoms with Gasteiger partial charge in [-0.2, -0.15) is 0 Å². The molecule has 1 aliphatic rings. The molecular weight excluding hydrogens is 640 g/mol. The molecule has 21 nitrogen and oxygen atoms in total. The van der Waals surface area contributed by atoms with Crippen molar-refractivity contribution in [1.82, 2.24) is 19.5 Å². The minimum Gasteiger partial charge on any atom is -0.756 e. The molecule has 3 rings (SSSR count). The number of aliphatic hydroxyl groups is 1. The molecule has 1 aliphatic heterocycles. The molecule has 0 spiro atoms. The molecule has 0 aromatic carbocycles. The van der Waals surface area contributed by atoms with Crippen molar-refractivity contribution in [3.8, 4) is 0 Å². The zero-order valence-electron chi connectivity index (χ0n) is 20.9. The normalized spacial score (nSPS) is 25.4. The number of aliphatic hydroxyl groups excluding tert-OH is 1. The number of nitrogens with zero attached hydrogens (tertiary/aromatic N) is 4. The highest BCUT2D eigenvalue weighted by Crippen LogP contribution is 2.66. The van der Waals surface area contributed by atoms with E-state index in [1.807, 2.05) is 0 Å². The number of ether oxygens (including phenoxy) is 1. The lowest BCUT2D eigenvalue weighted by Gasteiger charge is -2.36. The maximum atomic E-state index is 12.0. The van der Waals surface area contributed by atoms with E-state index in [0.717, 1.165) is 6.33 Å². The number of anilines is 1. The summed E-state index contributed by atoms with van der Waals surface area (Å²) in [6.45, 7) is -1.05. The summed E-state index contributed by atoms with van der Waals surface area (Å²) < 4.78 is 73.7. The van der Waals surface area contributed by atoms with Crippen LogP contribution >= 0.6 is 31.3 Å². The van der Waals surface area contributed by atoms with Crippen molar-refractivity contribution in [2.24, 2.45) is 5.73 Å². The van der Waals surface area contributed by atoms with Crippen molar-refractivity contribution in [3.63, 3.8) is 0 Å². The third-order valence-electron chi connectivity index (χ3n) is 5.25. The zero-order chi connectivity index (χ0) is 30.5. The molecule has 0 radical (unpaired) electrons. The van der Waals surface area contributed by atoms with Crippen molar-refractivity contribution in [2.75, 3.05) is 25.5 Å². The predicted molar refractivity (Wildman–Crippen MR) is 127 cm³/mol. The summed E-state index contributed by atoms with van der Waals surface area (Å²) in [6, 6.07) is 0.